The highest BCUT2D eigenvalue weighted by molar-refractivity contribution is 6.35. The molecule has 20 heavy (non-hydrogen) atoms. The van der Waals surface area contributed by atoms with Gasteiger partial charge in [0.1, 0.15) is 5.82 Å². The van der Waals surface area contributed by atoms with E-state index in [0.717, 1.165) is 6.07 Å². The molecular formula is C15H11ClFNO2. The predicted molar refractivity (Wildman–Crippen MR) is 75.8 cm³/mol. The monoisotopic (exact) mass is 291 g/mol. The summed E-state index contributed by atoms with van der Waals surface area (Å²) < 4.78 is 13.0. The minimum absolute atomic E-state index is 0.0732. The molecule has 5 heteroatoms. The number of nitrogens with zero attached hydrogens (tertiary/aromatic N) is 1. The zero-order valence-corrected chi connectivity index (χ0v) is 11.4. The van der Waals surface area contributed by atoms with Crippen LogP contribution < -0.4 is 4.90 Å². The minimum atomic E-state index is -0.491. The van der Waals surface area contributed by atoms with Gasteiger partial charge in [0.15, 0.2) is 5.78 Å². The molecule has 0 bridgehead atoms. The van der Waals surface area contributed by atoms with Crippen molar-refractivity contribution in [3.8, 4) is 0 Å². The lowest BCUT2D eigenvalue weighted by molar-refractivity contribution is -0.107. The molecule has 3 nitrogen and oxygen atoms in total. The van der Waals surface area contributed by atoms with Gasteiger partial charge in [-0.15, -0.1) is 0 Å². The van der Waals surface area contributed by atoms with Gasteiger partial charge >= 0.3 is 0 Å². The number of hydrogen-bond donors (Lipinski definition) is 0. The zero-order valence-electron chi connectivity index (χ0n) is 10.6. The Kier molecular flexibility index (Phi) is 4.15. The molecule has 1 amide bonds. The van der Waals surface area contributed by atoms with Crippen molar-refractivity contribution in [2.45, 2.75) is 0 Å². The highest BCUT2D eigenvalue weighted by Gasteiger charge is 2.13. The molecule has 102 valence electrons. The lowest BCUT2D eigenvalue weighted by atomic mass is 10.0. The lowest BCUT2D eigenvalue weighted by Gasteiger charge is -2.11. The van der Waals surface area contributed by atoms with Gasteiger partial charge < -0.3 is 4.90 Å². The van der Waals surface area contributed by atoms with E-state index in [0.29, 0.717) is 17.7 Å². The average molecular weight is 292 g/mol. The summed E-state index contributed by atoms with van der Waals surface area (Å²) in [4.78, 5) is 24.3. The maximum atomic E-state index is 13.0. The Morgan fingerprint density at radius 2 is 1.85 bits per heavy atom. The quantitative estimate of drug-likeness (QED) is 0.640. The number of amides is 1. The molecule has 0 atom stereocenters. The Labute approximate surface area is 120 Å². The van der Waals surface area contributed by atoms with Crippen molar-refractivity contribution < 1.29 is 14.0 Å². The number of benzene rings is 2. The fourth-order valence-electron chi connectivity index (χ4n) is 1.74. The number of carbonyl (C=O) groups is 2. The second-order valence-electron chi connectivity index (χ2n) is 4.22. The summed E-state index contributed by atoms with van der Waals surface area (Å²) in [5, 5.41) is 0.0732. The summed E-state index contributed by atoms with van der Waals surface area (Å²) in [6, 6.07) is 10.1. The number of anilines is 1. The van der Waals surface area contributed by atoms with E-state index in [4.69, 9.17) is 11.6 Å². The summed E-state index contributed by atoms with van der Waals surface area (Å²) >= 11 is 5.86. The Morgan fingerprint density at radius 1 is 1.20 bits per heavy atom. The average Bonchev–Trinajstić information content (AvgIpc) is 2.46. The van der Waals surface area contributed by atoms with Gasteiger partial charge in [-0.05, 0) is 42.5 Å². The summed E-state index contributed by atoms with van der Waals surface area (Å²) in [5.41, 5.74) is 1.33. The molecule has 0 aliphatic heterocycles. The summed E-state index contributed by atoms with van der Waals surface area (Å²) in [7, 11) is 1.61. The summed E-state index contributed by atoms with van der Waals surface area (Å²) in [6.07, 6.45) is 0.674. The van der Waals surface area contributed by atoms with Crippen molar-refractivity contribution in [1.29, 1.82) is 0 Å². The number of rotatable bonds is 4. The predicted octanol–water partition coefficient (Wildman–Crippen LogP) is 3.30. The number of ketones is 1. The molecule has 0 saturated carbocycles. The molecule has 0 aliphatic carbocycles. The third kappa shape index (κ3) is 2.86. The molecule has 2 aromatic carbocycles. The van der Waals surface area contributed by atoms with Crippen molar-refractivity contribution in [3.63, 3.8) is 0 Å². The second-order valence-corrected chi connectivity index (χ2v) is 4.62. The van der Waals surface area contributed by atoms with Crippen LogP contribution in [0.3, 0.4) is 0 Å². The molecule has 0 aliphatic rings. The van der Waals surface area contributed by atoms with E-state index in [-0.39, 0.29) is 16.4 Å². The van der Waals surface area contributed by atoms with Gasteiger partial charge in [-0.25, -0.2) is 4.39 Å². The zero-order chi connectivity index (χ0) is 14.7. The highest BCUT2D eigenvalue weighted by atomic mass is 35.5. The fraction of sp³-hybridized carbons (Fsp3) is 0.0667. The van der Waals surface area contributed by atoms with E-state index in [1.165, 1.54) is 17.0 Å². The molecule has 2 aromatic rings. The maximum Gasteiger partial charge on any atom is 0.213 e. The molecule has 0 spiro atoms. The van der Waals surface area contributed by atoms with Crippen LogP contribution in [0.1, 0.15) is 15.9 Å². The molecule has 0 aromatic heterocycles. The third-order valence-electron chi connectivity index (χ3n) is 2.87. The van der Waals surface area contributed by atoms with Crippen molar-refractivity contribution in [2.75, 3.05) is 11.9 Å². The Balaban J connectivity index is 2.31. The molecular weight excluding hydrogens is 281 g/mol. The van der Waals surface area contributed by atoms with Crippen molar-refractivity contribution in [2.24, 2.45) is 0 Å². The first kappa shape index (κ1) is 14.2. The maximum absolute atomic E-state index is 13.0. The van der Waals surface area contributed by atoms with Gasteiger partial charge in [-0.1, -0.05) is 11.6 Å². The first-order valence-corrected chi connectivity index (χ1v) is 6.18. The molecule has 0 saturated heterocycles. The van der Waals surface area contributed by atoms with E-state index in [1.807, 2.05) is 0 Å². The molecule has 0 radical (unpaired) electrons. The number of carbonyl (C=O) groups excluding carboxylic acids is 2. The molecule has 2 rings (SSSR count). The molecule has 0 unspecified atom stereocenters. The topological polar surface area (TPSA) is 37.4 Å². The normalized spacial score (nSPS) is 10.2. The van der Waals surface area contributed by atoms with Crippen LogP contribution in [-0.2, 0) is 4.79 Å². The van der Waals surface area contributed by atoms with Crippen LogP contribution in [0, 0.1) is 5.82 Å². The number of halogens is 2. The van der Waals surface area contributed by atoms with E-state index >= 15 is 0 Å². The minimum Gasteiger partial charge on any atom is -0.318 e. The van der Waals surface area contributed by atoms with Crippen LogP contribution >= 0.6 is 11.6 Å². The van der Waals surface area contributed by atoms with E-state index in [9.17, 15) is 14.0 Å². The Morgan fingerprint density at radius 3 is 2.40 bits per heavy atom. The molecule has 0 heterocycles. The first-order valence-electron chi connectivity index (χ1n) is 5.81. The summed E-state index contributed by atoms with van der Waals surface area (Å²) in [6.45, 7) is 0. The largest absolute Gasteiger partial charge is 0.318 e. The van der Waals surface area contributed by atoms with E-state index in [2.05, 4.69) is 0 Å². The molecule has 0 fully saturated rings. The third-order valence-corrected chi connectivity index (χ3v) is 3.18. The lowest BCUT2D eigenvalue weighted by Crippen LogP contribution is -2.13. The van der Waals surface area contributed by atoms with Crippen LogP contribution in [0.15, 0.2) is 42.5 Å². The summed E-state index contributed by atoms with van der Waals surface area (Å²) in [5.74, 6) is -0.787. The van der Waals surface area contributed by atoms with Crippen LogP contribution in [0.4, 0.5) is 10.1 Å². The van der Waals surface area contributed by atoms with Crippen molar-refractivity contribution >= 4 is 29.5 Å². The Bertz CT molecular complexity index is 655. The second kappa shape index (κ2) is 5.84. The van der Waals surface area contributed by atoms with Gasteiger partial charge in [0.2, 0.25) is 6.41 Å². The van der Waals surface area contributed by atoms with Crippen LogP contribution in [0.2, 0.25) is 5.02 Å². The van der Waals surface area contributed by atoms with Gasteiger partial charge in [0, 0.05) is 23.9 Å². The van der Waals surface area contributed by atoms with Crippen LogP contribution in [0.5, 0.6) is 0 Å². The highest BCUT2D eigenvalue weighted by Crippen LogP contribution is 2.22. The fourth-order valence-corrected chi connectivity index (χ4v) is 1.99. The smallest absolute Gasteiger partial charge is 0.213 e. The van der Waals surface area contributed by atoms with E-state index in [1.54, 1.807) is 31.3 Å². The molecule has 0 N–H and O–H groups in total. The number of hydrogen-bond acceptors (Lipinski definition) is 2. The SMILES string of the molecule is CN(C=O)c1ccc(C(=O)c2ccc(F)cc2Cl)cc1. The van der Waals surface area contributed by atoms with Gasteiger partial charge in [0.05, 0.1) is 5.02 Å². The Hall–Kier alpha value is -2.20. The first-order chi connectivity index (χ1) is 9.52. The van der Waals surface area contributed by atoms with E-state index < -0.39 is 5.82 Å². The van der Waals surface area contributed by atoms with Gasteiger partial charge in [-0.3, -0.25) is 9.59 Å². The van der Waals surface area contributed by atoms with Crippen LogP contribution in [0.25, 0.3) is 0 Å². The van der Waals surface area contributed by atoms with Gasteiger partial charge in [0.25, 0.3) is 0 Å². The van der Waals surface area contributed by atoms with Crippen molar-refractivity contribution in [1.82, 2.24) is 0 Å². The van der Waals surface area contributed by atoms with Crippen LogP contribution in [-0.4, -0.2) is 19.2 Å². The standard InChI is InChI=1S/C15H11ClFNO2/c1-18(9-19)12-5-2-10(3-6-12)15(20)13-7-4-11(17)8-14(13)16/h2-9H,1H3. The van der Waals surface area contributed by atoms with Crippen molar-refractivity contribution in [3.05, 3.63) is 64.4 Å². The van der Waals surface area contributed by atoms with Gasteiger partial charge in [-0.2, -0.15) is 0 Å².